The highest BCUT2D eigenvalue weighted by Crippen LogP contribution is 2.23. The van der Waals surface area contributed by atoms with Crippen molar-refractivity contribution in [3.8, 4) is 0 Å². The zero-order valence-corrected chi connectivity index (χ0v) is 10.8. The number of aryl methyl sites for hydroxylation is 1. The highest BCUT2D eigenvalue weighted by atomic mass is 35.5. The predicted octanol–water partition coefficient (Wildman–Crippen LogP) is 3.18. The minimum Gasteiger partial charge on any atom is -0.315 e. The number of nitrogens with zero attached hydrogens (tertiary/aromatic N) is 1. The third-order valence-electron chi connectivity index (χ3n) is 2.65. The third-order valence-corrected chi connectivity index (χ3v) is 3.00. The molecular formula is C12H17ClN2O2. The Balaban J connectivity index is 2.63. The van der Waals surface area contributed by atoms with E-state index in [2.05, 4.69) is 19.2 Å². The Morgan fingerprint density at radius 2 is 2.24 bits per heavy atom. The summed E-state index contributed by atoms with van der Waals surface area (Å²) in [6.07, 6.45) is 1.79. The first-order chi connectivity index (χ1) is 8.04. The number of non-ortho nitro benzene ring substituents is 1. The Morgan fingerprint density at radius 3 is 2.76 bits per heavy atom. The van der Waals surface area contributed by atoms with Crippen LogP contribution in [0.2, 0.25) is 5.02 Å². The van der Waals surface area contributed by atoms with E-state index < -0.39 is 4.92 Å². The van der Waals surface area contributed by atoms with Crippen LogP contribution in [0.3, 0.4) is 0 Å². The molecule has 1 rings (SSSR count). The van der Waals surface area contributed by atoms with Crippen LogP contribution in [0, 0.1) is 10.1 Å². The van der Waals surface area contributed by atoms with Gasteiger partial charge in [-0.05, 0) is 31.9 Å². The summed E-state index contributed by atoms with van der Waals surface area (Å²) in [6.45, 7) is 5.12. The second-order valence-electron chi connectivity index (χ2n) is 4.03. The van der Waals surface area contributed by atoms with Crippen LogP contribution in [-0.2, 0) is 6.42 Å². The Bertz CT molecular complexity index is 396. The van der Waals surface area contributed by atoms with Gasteiger partial charge >= 0.3 is 0 Å². The summed E-state index contributed by atoms with van der Waals surface area (Å²) >= 11 is 6.01. The Labute approximate surface area is 106 Å². The first kappa shape index (κ1) is 13.9. The molecule has 0 aliphatic carbocycles. The molecule has 1 N–H and O–H groups in total. The largest absolute Gasteiger partial charge is 0.315 e. The second-order valence-corrected chi connectivity index (χ2v) is 4.44. The van der Waals surface area contributed by atoms with Gasteiger partial charge in [0.1, 0.15) is 0 Å². The van der Waals surface area contributed by atoms with Crippen LogP contribution >= 0.6 is 11.6 Å². The SMILES string of the molecule is CCNC(C)CCc1ccc([N+](=O)[O-])cc1Cl. The second kappa shape index (κ2) is 6.57. The smallest absolute Gasteiger partial charge is 0.270 e. The molecule has 0 amide bonds. The van der Waals surface area contributed by atoms with E-state index in [9.17, 15) is 10.1 Å². The average molecular weight is 257 g/mol. The molecular weight excluding hydrogens is 240 g/mol. The number of nitro groups is 1. The molecule has 4 nitrogen and oxygen atoms in total. The topological polar surface area (TPSA) is 55.2 Å². The number of benzene rings is 1. The van der Waals surface area contributed by atoms with Crippen LogP contribution < -0.4 is 5.32 Å². The molecule has 0 saturated carbocycles. The van der Waals surface area contributed by atoms with Crippen LogP contribution in [0.5, 0.6) is 0 Å². The molecule has 0 saturated heterocycles. The maximum atomic E-state index is 10.6. The summed E-state index contributed by atoms with van der Waals surface area (Å²) in [5, 5.41) is 14.3. The molecule has 0 aliphatic rings. The maximum absolute atomic E-state index is 10.6. The van der Waals surface area contributed by atoms with Crippen LogP contribution in [0.25, 0.3) is 0 Å². The molecule has 0 spiro atoms. The van der Waals surface area contributed by atoms with Gasteiger partial charge in [-0.15, -0.1) is 0 Å². The molecule has 0 radical (unpaired) electrons. The quantitative estimate of drug-likeness (QED) is 0.628. The lowest BCUT2D eigenvalue weighted by atomic mass is 10.1. The lowest BCUT2D eigenvalue weighted by molar-refractivity contribution is -0.384. The molecule has 1 atom stereocenters. The van der Waals surface area contributed by atoms with Crippen molar-refractivity contribution < 1.29 is 4.92 Å². The first-order valence-corrected chi connectivity index (χ1v) is 6.08. The molecule has 0 heterocycles. The van der Waals surface area contributed by atoms with Crippen molar-refractivity contribution >= 4 is 17.3 Å². The monoisotopic (exact) mass is 256 g/mol. The van der Waals surface area contributed by atoms with Crippen molar-refractivity contribution in [1.82, 2.24) is 5.32 Å². The summed E-state index contributed by atoms with van der Waals surface area (Å²) in [5.74, 6) is 0. The summed E-state index contributed by atoms with van der Waals surface area (Å²) in [7, 11) is 0. The molecule has 5 heteroatoms. The van der Waals surface area contributed by atoms with Crippen molar-refractivity contribution in [1.29, 1.82) is 0 Å². The van der Waals surface area contributed by atoms with Crippen LogP contribution in [0.15, 0.2) is 18.2 Å². The molecule has 17 heavy (non-hydrogen) atoms. The molecule has 0 aromatic heterocycles. The number of halogens is 1. The van der Waals surface area contributed by atoms with E-state index in [-0.39, 0.29) is 5.69 Å². The summed E-state index contributed by atoms with van der Waals surface area (Å²) < 4.78 is 0. The van der Waals surface area contributed by atoms with Crippen molar-refractivity contribution in [2.75, 3.05) is 6.54 Å². The van der Waals surface area contributed by atoms with Crippen LogP contribution in [-0.4, -0.2) is 17.5 Å². The normalized spacial score (nSPS) is 12.4. The fraction of sp³-hybridized carbons (Fsp3) is 0.500. The minimum atomic E-state index is -0.434. The van der Waals surface area contributed by atoms with Crippen molar-refractivity contribution in [3.63, 3.8) is 0 Å². The van der Waals surface area contributed by atoms with Gasteiger partial charge in [-0.1, -0.05) is 24.6 Å². The van der Waals surface area contributed by atoms with Gasteiger partial charge in [0.15, 0.2) is 0 Å². The van der Waals surface area contributed by atoms with Gasteiger partial charge in [0.25, 0.3) is 5.69 Å². The van der Waals surface area contributed by atoms with E-state index in [1.54, 1.807) is 6.07 Å². The number of hydrogen-bond donors (Lipinski definition) is 1. The fourth-order valence-corrected chi connectivity index (χ4v) is 1.94. The maximum Gasteiger partial charge on any atom is 0.270 e. The third kappa shape index (κ3) is 4.32. The van der Waals surface area contributed by atoms with Crippen LogP contribution in [0.4, 0.5) is 5.69 Å². The molecule has 94 valence electrons. The van der Waals surface area contributed by atoms with Crippen molar-refractivity contribution in [2.45, 2.75) is 32.7 Å². The highest BCUT2D eigenvalue weighted by Gasteiger charge is 2.10. The van der Waals surface area contributed by atoms with Gasteiger partial charge in [-0.25, -0.2) is 0 Å². The van der Waals surface area contributed by atoms with Gasteiger partial charge in [0.05, 0.1) is 9.95 Å². The van der Waals surface area contributed by atoms with Gasteiger partial charge < -0.3 is 5.32 Å². The number of nitrogens with one attached hydrogen (secondary N) is 1. The predicted molar refractivity (Wildman–Crippen MR) is 69.6 cm³/mol. The van der Waals surface area contributed by atoms with Gasteiger partial charge in [0.2, 0.25) is 0 Å². The zero-order chi connectivity index (χ0) is 12.8. The number of hydrogen-bond acceptors (Lipinski definition) is 3. The van der Waals surface area contributed by atoms with E-state index in [0.717, 1.165) is 24.9 Å². The number of nitro benzene ring substituents is 1. The number of rotatable bonds is 6. The summed E-state index contributed by atoms with van der Waals surface area (Å²) in [4.78, 5) is 10.1. The van der Waals surface area contributed by atoms with Gasteiger partial charge in [-0.2, -0.15) is 0 Å². The first-order valence-electron chi connectivity index (χ1n) is 5.70. The molecule has 1 aromatic rings. The van der Waals surface area contributed by atoms with E-state index in [1.807, 2.05) is 0 Å². The Morgan fingerprint density at radius 1 is 1.53 bits per heavy atom. The van der Waals surface area contributed by atoms with Crippen LogP contribution in [0.1, 0.15) is 25.8 Å². The summed E-state index contributed by atoms with van der Waals surface area (Å²) in [6, 6.07) is 5.07. The Kier molecular flexibility index (Phi) is 5.38. The van der Waals surface area contributed by atoms with Crippen molar-refractivity contribution in [2.24, 2.45) is 0 Å². The molecule has 1 unspecified atom stereocenters. The van der Waals surface area contributed by atoms with Crippen molar-refractivity contribution in [3.05, 3.63) is 38.9 Å². The minimum absolute atomic E-state index is 0.0403. The molecule has 0 fully saturated rings. The standard InChI is InChI=1S/C12H17ClN2O2/c1-3-14-9(2)4-5-10-6-7-11(15(16)17)8-12(10)13/h6-9,14H,3-5H2,1-2H3. The van der Waals surface area contributed by atoms with E-state index in [0.29, 0.717) is 11.1 Å². The van der Waals surface area contributed by atoms with E-state index >= 15 is 0 Å². The van der Waals surface area contributed by atoms with E-state index in [4.69, 9.17) is 11.6 Å². The zero-order valence-electron chi connectivity index (χ0n) is 10.1. The molecule has 0 bridgehead atoms. The van der Waals surface area contributed by atoms with Gasteiger partial charge in [-0.3, -0.25) is 10.1 Å². The fourth-order valence-electron chi connectivity index (χ4n) is 1.68. The Hall–Kier alpha value is -1.13. The lowest BCUT2D eigenvalue weighted by Gasteiger charge is -2.12. The highest BCUT2D eigenvalue weighted by molar-refractivity contribution is 6.31. The van der Waals surface area contributed by atoms with E-state index in [1.165, 1.54) is 12.1 Å². The van der Waals surface area contributed by atoms with Gasteiger partial charge in [0, 0.05) is 18.2 Å². The molecule has 1 aromatic carbocycles. The molecule has 0 aliphatic heterocycles. The average Bonchev–Trinajstić information content (AvgIpc) is 2.27. The summed E-state index contributed by atoms with van der Waals surface area (Å²) in [5.41, 5.74) is 1.00. The lowest BCUT2D eigenvalue weighted by Crippen LogP contribution is -2.25.